The van der Waals surface area contributed by atoms with Crippen molar-refractivity contribution in [3.05, 3.63) is 41.2 Å². The van der Waals surface area contributed by atoms with E-state index in [2.05, 4.69) is 10.3 Å². The van der Waals surface area contributed by atoms with Crippen molar-refractivity contribution in [3.63, 3.8) is 0 Å². The van der Waals surface area contributed by atoms with Gasteiger partial charge in [0.15, 0.2) is 0 Å². The van der Waals surface area contributed by atoms with Crippen LogP contribution in [0.3, 0.4) is 0 Å². The minimum atomic E-state index is -0.807. The molecule has 3 rings (SSSR count). The van der Waals surface area contributed by atoms with E-state index in [1.807, 2.05) is 12.1 Å². The van der Waals surface area contributed by atoms with Crippen molar-refractivity contribution < 1.29 is 14.3 Å². The molecule has 1 heterocycles. The van der Waals surface area contributed by atoms with Crippen molar-refractivity contribution in [2.24, 2.45) is 5.92 Å². The van der Waals surface area contributed by atoms with Gasteiger partial charge in [-0.05, 0) is 43.0 Å². The van der Waals surface area contributed by atoms with Gasteiger partial charge in [0, 0.05) is 17.1 Å². The fourth-order valence-corrected chi connectivity index (χ4v) is 2.34. The van der Waals surface area contributed by atoms with E-state index in [1.165, 1.54) is 0 Å². The first kappa shape index (κ1) is 14.1. The molecule has 0 spiro atoms. The van der Waals surface area contributed by atoms with Crippen molar-refractivity contribution in [1.29, 1.82) is 0 Å². The number of hydrogen-bond acceptors (Lipinski definition) is 4. The summed E-state index contributed by atoms with van der Waals surface area (Å²) in [5.41, 5.74) is 1.52. The summed E-state index contributed by atoms with van der Waals surface area (Å²) in [5.74, 6) is -0.0641. The number of halogens is 1. The van der Waals surface area contributed by atoms with E-state index in [1.54, 1.807) is 18.4 Å². The molecule has 1 aromatic carbocycles. The van der Waals surface area contributed by atoms with E-state index >= 15 is 0 Å². The number of carboxylic acid groups (broad SMARTS) is 1. The number of aliphatic carboxylic acids is 1. The molecule has 0 aliphatic heterocycles. The normalized spacial score (nSPS) is 15.9. The molecule has 6 heteroatoms. The fourth-order valence-electron chi connectivity index (χ4n) is 2.21. The maximum absolute atomic E-state index is 11.1. The third-order valence-electron chi connectivity index (χ3n) is 3.51. The molecule has 0 radical (unpaired) electrons. The smallest absolute Gasteiger partial charge is 0.320 e. The van der Waals surface area contributed by atoms with Crippen molar-refractivity contribution in [3.8, 4) is 11.5 Å². The van der Waals surface area contributed by atoms with Gasteiger partial charge < -0.3 is 9.52 Å². The number of nitrogens with one attached hydrogen (secondary N) is 1. The summed E-state index contributed by atoms with van der Waals surface area (Å²) in [5, 5.41) is 12.8. The lowest BCUT2D eigenvalue weighted by atomic mass is 10.2. The summed E-state index contributed by atoms with van der Waals surface area (Å²) in [6.45, 7) is 0.380. The van der Waals surface area contributed by atoms with E-state index in [0.717, 1.165) is 18.4 Å². The molecule has 5 nitrogen and oxygen atoms in total. The topological polar surface area (TPSA) is 75.4 Å². The zero-order valence-electron chi connectivity index (χ0n) is 11.3. The van der Waals surface area contributed by atoms with Gasteiger partial charge in [-0.25, -0.2) is 4.98 Å². The first-order valence-corrected chi connectivity index (χ1v) is 7.18. The predicted molar refractivity (Wildman–Crippen MR) is 77.9 cm³/mol. The monoisotopic (exact) mass is 306 g/mol. The van der Waals surface area contributed by atoms with Gasteiger partial charge in [0.25, 0.3) is 0 Å². The maximum Gasteiger partial charge on any atom is 0.320 e. The molecule has 1 aromatic heterocycles. The molecule has 0 saturated heterocycles. The van der Waals surface area contributed by atoms with Crippen molar-refractivity contribution in [2.75, 3.05) is 0 Å². The van der Waals surface area contributed by atoms with Gasteiger partial charge in [0.05, 0.1) is 5.69 Å². The quantitative estimate of drug-likeness (QED) is 0.858. The van der Waals surface area contributed by atoms with Gasteiger partial charge in [-0.15, -0.1) is 0 Å². The Hall–Kier alpha value is -1.85. The first-order chi connectivity index (χ1) is 10.1. The van der Waals surface area contributed by atoms with Crippen LogP contribution in [0.1, 0.15) is 18.5 Å². The van der Waals surface area contributed by atoms with Crippen LogP contribution >= 0.6 is 11.6 Å². The molecule has 0 bridgehead atoms. The number of benzene rings is 1. The maximum atomic E-state index is 11.1. The summed E-state index contributed by atoms with van der Waals surface area (Å²) < 4.78 is 5.42. The van der Waals surface area contributed by atoms with E-state index in [-0.39, 0.29) is 5.92 Å². The number of oxazole rings is 1. The van der Waals surface area contributed by atoms with Crippen LogP contribution in [-0.4, -0.2) is 22.1 Å². The van der Waals surface area contributed by atoms with Crippen LogP contribution < -0.4 is 5.32 Å². The first-order valence-electron chi connectivity index (χ1n) is 6.80. The molecule has 21 heavy (non-hydrogen) atoms. The predicted octanol–water partition coefficient (Wildman–Crippen LogP) is 2.95. The lowest BCUT2D eigenvalue weighted by Crippen LogP contribution is -2.38. The van der Waals surface area contributed by atoms with Gasteiger partial charge >= 0.3 is 5.97 Å². The van der Waals surface area contributed by atoms with E-state index < -0.39 is 12.0 Å². The molecule has 1 unspecified atom stereocenters. The summed E-state index contributed by atoms with van der Waals surface area (Å²) in [7, 11) is 0. The highest BCUT2D eigenvalue weighted by Gasteiger charge is 2.35. The number of carboxylic acids is 1. The molecule has 2 N–H and O–H groups in total. The molecule has 1 aliphatic carbocycles. The zero-order chi connectivity index (χ0) is 14.8. The molecule has 110 valence electrons. The summed E-state index contributed by atoms with van der Waals surface area (Å²) >= 11 is 5.84. The third kappa shape index (κ3) is 3.43. The van der Waals surface area contributed by atoms with Crippen LogP contribution in [0, 0.1) is 5.92 Å². The van der Waals surface area contributed by atoms with Gasteiger partial charge in [-0.3, -0.25) is 10.1 Å². The van der Waals surface area contributed by atoms with Crippen LogP contribution in [0.2, 0.25) is 5.02 Å². The van der Waals surface area contributed by atoms with Gasteiger partial charge in [-0.1, -0.05) is 11.6 Å². The molecule has 2 aromatic rings. The highest BCUT2D eigenvalue weighted by molar-refractivity contribution is 6.30. The fraction of sp³-hybridized carbons (Fsp3) is 0.333. The summed E-state index contributed by atoms with van der Waals surface area (Å²) in [4.78, 5) is 15.5. The molecule has 1 fully saturated rings. The average Bonchev–Trinajstić information content (AvgIpc) is 3.18. The van der Waals surface area contributed by atoms with Crippen molar-refractivity contribution in [1.82, 2.24) is 10.3 Å². The molecule has 1 aliphatic rings. The SMILES string of the molecule is O=C(O)C(NCc1coc(-c2ccc(Cl)cc2)n1)C1CC1. The van der Waals surface area contributed by atoms with Gasteiger partial charge in [-0.2, -0.15) is 0 Å². The molecule has 1 atom stereocenters. The molecular formula is C15H15ClN2O3. The highest BCUT2D eigenvalue weighted by atomic mass is 35.5. The largest absolute Gasteiger partial charge is 0.480 e. The summed E-state index contributed by atoms with van der Waals surface area (Å²) in [6.07, 6.45) is 3.49. The Morgan fingerprint density at radius 2 is 2.14 bits per heavy atom. The number of hydrogen-bond donors (Lipinski definition) is 2. The van der Waals surface area contributed by atoms with Gasteiger partial charge in [0.1, 0.15) is 12.3 Å². The van der Waals surface area contributed by atoms with Crippen molar-refractivity contribution in [2.45, 2.75) is 25.4 Å². The minimum Gasteiger partial charge on any atom is -0.480 e. The second kappa shape index (κ2) is 5.87. The van der Waals surface area contributed by atoms with Gasteiger partial charge in [0.2, 0.25) is 5.89 Å². The Morgan fingerprint density at radius 3 is 2.76 bits per heavy atom. The second-order valence-corrected chi connectivity index (χ2v) is 5.62. The number of carbonyl (C=O) groups is 1. The average molecular weight is 307 g/mol. The standard InChI is InChI=1S/C15H15ClN2O3/c16-11-5-3-10(4-6-11)14-18-12(8-21-14)7-17-13(15(19)20)9-1-2-9/h3-6,8-9,13,17H,1-2,7H2,(H,19,20). The Labute approximate surface area is 126 Å². The van der Waals surface area contributed by atoms with E-state index in [0.29, 0.717) is 23.2 Å². The van der Waals surface area contributed by atoms with Crippen molar-refractivity contribution >= 4 is 17.6 Å². The third-order valence-corrected chi connectivity index (χ3v) is 3.76. The van der Waals surface area contributed by atoms with E-state index in [9.17, 15) is 4.79 Å². The number of aromatic nitrogens is 1. The second-order valence-electron chi connectivity index (χ2n) is 5.19. The Bertz CT molecular complexity index is 635. The van der Waals surface area contributed by atoms with Crippen LogP contribution in [0.4, 0.5) is 0 Å². The lowest BCUT2D eigenvalue weighted by Gasteiger charge is -2.11. The van der Waals surface area contributed by atoms with Crippen LogP contribution in [0.25, 0.3) is 11.5 Å². The Balaban J connectivity index is 1.64. The molecule has 0 amide bonds. The molecular weight excluding hydrogens is 292 g/mol. The lowest BCUT2D eigenvalue weighted by molar-refractivity contribution is -0.140. The zero-order valence-corrected chi connectivity index (χ0v) is 12.0. The van der Waals surface area contributed by atoms with Crippen LogP contribution in [0.5, 0.6) is 0 Å². The van der Waals surface area contributed by atoms with E-state index in [4.69, 9.17) is 21.1 Å². The summed E-state index contributed by atoms with van der Waals surface area (Å²) in [6, 6.07) is 6.70. The Kier molecular flexibility index (Phi) is 3.94. The molecule has 1 saturated carbocycles. The van der Waals surface area contributed by atoms with Crippen LogP contribution in [0.15, 0.2) is 34.9 Å². The number of nitrogens with zero attached hydrogens (tertiary/aromatic N) is 1. The number of rotatable bonds is 6. The minimum absolute atomic E-state index is 0.241. The van der Waals surface area contributed by atoms with Crippen LogP contribution in [-0.2, 0) is 11.3 Å². The highest BCUT2D eigenvalue weighted by Crippen LogP contribution is 2.33. The Morgan fingerprint density at radius 1 is 1.43 bits per heavy atom.